The van der Waals surface area contributed by atoms with Crippen LogP contribution in [-0.2, 0) is 28.7 Å². The van der Waals surface area contributed by atoms with Crippen LogP contribution in [0.4, 0.5) is 5.69 Å². The van der Waals surface area contributed by atoms with Gasteiger partial charge in [0, 0.05) is 30.9 Å². The fraction of sp³-hybridized carbons (Fsp3) is 0.487. The van der Waals surface area contributed by atoms with E-state index in [2.05, 4.69) is 34.4 Å². The van der Waals surface area contributed by atoms with Gasteiger partial charge in [-0.1, -0.05) is 95.0 Å². The van der Waals surface area contributed by atoms with Gasteiger partial charge >= 0.3 is 5.97 Å². The van der Waals surface area contributed by atoms with Crippen LogP contribution in [0.2, 0.25) is 5.02 Å². The first-order chi connectivity index (χ1) is 24.6. The smallest absolute Gasteiger partial charge is 0.306 e. The van der Waals surface area contributed by atoms with Crippen LogP contribution in [0, 0.1) is 18.8 Å². The summed E-state index contributed by atoms with van der Waals surface area (Å²) in [5.74, 6) is -3.32. The van der Waals surface area contributed by atoms with Gasteiger partial charge in [-0.2, -0.15) is 0 Å². The average Bonchev–Trinajstić information content (AvgIpc) is 3.71. The number of esters is 1. The third-order valence-electron chi connectivity index (χ3n) is 10.2. The van der Waals surface area contributed by atoms with Gasteiger partial charge in [-0.05, 0) is 49.8 Å². The Kier molecular flexibility index (Phi) is 13.2. The van der Waals surface area contributed by atoms with Gasteiger partial charge in [-0.3, -0.25) is 19.2 Å². The summed E-state index contributed by atoms with van der Waals surface area (Å²) in [4.78, 5) is 59.4. The molecule has 3 aliphatic heterocycles. The predicted octanol–water partition coefficient (Wildman–Crippen LogP) is 5.84. The molecule has 0 saturated carbocycles. The molecule has 51 heavy (non-hydrogen) atoms. The molecule has 0 aliphatic carbocycles. The molecule has 3 fully saturated rings. The van der Waals surface area contributed by atoms with Crippen molar-refractivity contribution in [1.82, 2.24) is 10.2 Å². The van der Waals surface area contributed by atoms with Crippen LogP contribution in [0.3, 0.4) is 0 Å². The normalized spacial score (nSPS) is 25.3. The van der Waals surface area contributed by atoms with Crippen molar-refractivity contribution in [3.8, 4) is 0 Å². The molecule has 2 bridgehead atoms. The summed E-state index contributed by atoms with van der Waals surface area (Å²) in [6, 6.07) is 12.9. The van der Waals surface area contributed by atoms with Crippen molar-refractivity contribution in [1.29, 1.82) is 0 Å². The molecular formula is C39H47BrClN3O7. The first-order valence-electron chi connectivity index (χ1n) is 17.6. The van der Waals surface area contributed by atoms with Crippen LogP contribution in [-0.4, -0.2) is 82.6 Å². The summed E-state index contributed by atoms with van der Waals surface area (Å²) in [6.07, 6.45) is 6.35. The molecule has 0 aromatic heterocycles. The van der Waals surface area contributed by atoms with Gasteiger partial charge in [0.25, 0.3) is 5.91 Å². The van der Waals surface area contributed by atoms with Crippen molar-refractivity contribution in [2.75, 3.05) is 31.2 Å². The number of carbonyl (C=O) groups excluding carboxylic acids is 4. The maximum absolute atomic E-state index is 15.0. The number of alkyl halides is 1. The SMILES string of the molecule is C=CCCC(=O)OC[C@H](NC(=O)[C@@H]1[C@H]2O[C@@]3(CC2Br)[C@H](C(=O)N(CC=C)c2c(C)cccc2Cl)N(CCCCCCO)C(=O)[C@@H]13)c1ccccc1. The zero-order chi connectivity index (χ0) is 36.7. The van der Waals surface area contributed by atoms with Crippen molar-refractivity contribution in [3.05, 3.63) is 90.0 Å². The van der Waals surface area contributed by atoms with Gasteiger partial charge in [0.05, 0.1) is 34.7 Å². The van der Waals surface area contributed by atoms with Crippen LogP contribution in [0.1, 0.15) is 62.1 Å². The molecule has 3 aliphatic rings. The summed E-state index contributed by atoms with van der Waals surface area (Å²) in [7, 11) is 0. The van der Waals surface area contributed by atoms with E-state index in [0.29, 0.717) is 36.4 Å². The van der Waals surface area contributed by atoms with Crippen LogP contribution in [0.5, 0.6) is 0 Å². The lowest BCUT2D eigenvalue weighted by molar-refractivity contribution is -0.145. The van der Waals surface area contributed by atoms with Crippen molar-refractivity contribution >= 4 is 56.9 Å². The standard InChI is InChI=1S/C39H47BrClN3O7/c1-4-6-19-30(46)50-24-29(26-16-10-9-11-17-26)42-36(47)31-32-37(48)44(21-12-7-8-13-22-45)35(39(32)23-27(40)34(31)51-39)38(49)43(20-5-2)33-25(3)15-14-18-28(33)41/h4-5,9-11,14-18,27,29,31-32,34-35,45H,1-2,6-8,12-13,19-24H2,3H3,(H,42,47)/t27?,29-,31-,32+,34-,35-,39+/m0/s1. The molecule has 1 spiro atoms. The molecule has 2 N–H and O–H groups in total. The molecule has 2 aromatic rings. The largest absolute Gasteiger partial charge is 0.463 e. The van der Waals surface area contributed by atoms with Crippen LogP contribution >= 0.6 is 27.5 Å². The topological polar surface area (TPSA) is 125 Å². The number of halogens is 2. The number of ether oxygens (including phenoxy) is 2. The highest BCUT2D eigenvalue weighted by atomic mass is 79.9. The number of nitrogens with one attached hydrogen (secondary N) is 1. The third kappa shape index (κ3) is 7.96. The Morgan fingerprint density at radius 3 is 2.57 bits per heavy atom. The summed E-state index contributed by atoms with van der Waals surface area (Å²) in [5, 5.41) is 12.8. The summed E-state index contributed by atoms with van der Waals surface area (Å²) in [5.41, 5.74) is 0.775. The van der Waals surface area contributed by atoms with E-state index in [-0.39, 0.29) is 49.4 Å². The number of unbranched alkanes of at least 4 members (excludes halogenated alkanes) is 3. The Morgan fingerprint density at radius 1 is 1.14 bits per heavy atom. The molecule has 12 heteroatoms. The van der Waals surface area contributed by atoms with Gasteiger partial charge in [-0.15, -0.1) is 13.2 Å². The van der Waals surface area contributed by atoms with Gasteiger partial charge in [0.2, 0.25) is 11.8 Å². The highest BCUT2D eigenvalue weighted by Gasteiger charge is 2.76. The number of allylic oxidation sites excluding steroid dienone is 1. The zero-order valence-electron chi connectivity index (χ0n) is 29.0. The number of hydrogen-bond donors (Lipinski definition) is 2. The minimum Gasteiger partial charge on any atom is -0.463 e. The fourth-order valence-corrected chi connectivity index (χ4v) is 9.14. The van der Waals surface area contributed by atoms with E-state index in [1.54, 1.807) is 28.0 Å². The van der Waals surface area contributed by atoms with E-state index in [9.17, 15) is 24.3 Å². The number of amides is 3. The Bertz CT molecular complexity index is 1590. The number of anilines is 1. The lowest BCUT2D eigenvalue weighted by Gasteiger charge is -2.37. The number of hydrogen-bond acceptors (Lipinski definition) is 7. The number of aryl methyl sites for hydroxylation is 1. The maximum Gasteiger partial charge on any atom is 0.306 e. The van der Waals surface area contributed by atoms with Crippen molar-refractivity contribution in [2.24, 2.45) is 11.8 Å². The molecule has 274 valence electrons. The summed E-state index contributed by atoms with van der Waals surface area (Å²) >= 11 is 10.5. The quantitative estimate of drug-likeness (QED) is 0.0844. The number of nitrogens with zero attached hydrogens (tertiary/aromatic N) is 2. The number of aliphatic hydroxyl groups is 1. The van der Waals surface area contributed by atoms with E-state index < -0.39 is 47.5 Å². The highest BCUT2D eigenvalue weighted by Crippen LogP contribution is 2.60. The van der Waals surface area contributed by atoms with Gasteiger partial charge in [-0.25, -0.2) is 0 Å². The lowest BCUT2D eigenvalue weighted by atomic mass is 9.70. The van der Waals surface area contributed by atoms with E-state index in [1.165, 1.54) is 0 Å². The third-order valence-corrected chi connectivity index (χ3v) is 11.3. The molecule has 1 unspecified atom stereocenters. The van der Waals surface area contributed by atoms with E-state index in [4.69, 9.17) is 21.1 Å². The molecule has 3 heterocycles. The van der Waals surface area contributed by atoms with Crippen LogP contribution < -0.4 is 10.2 Å². The first-order valence-corrected chi connectivity index (χ1v) is 18.9. The number of likely N-dealkylation sites (tertiary alicyclic amines) is 1. The molecule has 5 rings (SSSR count). The Hall–Kier alpha value is -3.51. The Morgan fingerprint density at radius 2 is 1.88 bits per heavy atom. The number of fused-ring (bicyclic) bond motifs is 1. The Labute approximate surface area is 313 Å². The van der Waals surface area contributed by atoms with Crippen molar-refractivity contribution in [3.63, 3.8) is 0 Å². The van der Waals surface area contributed by atoms with Crippen LogP contribution in [0.15, 0.2) is 73.8 Å². The number of para-hydroxylation sites is 1. The minimum absolute atomic E-state index is 0.0826. The molecule has 2 aromatic carbocycles. The van der Waals surface area contributed by atoms with Gasteiger partial charge in [0.15, 0.2) is 0 Å². The fourth-order valence-electron chi connectivity index (χ4n) is 7.87. The van der Waals surface area contributed by atoms with Gasteiger partial charge in [0.1, 0.15) is 18.2 Å². The van der Waals surface area contributed by atoms with Crippen molar-refractivity contribution in [2.45, 2.75) is 80.5 Å². The predicted molar refractivity (Wildman–Crippen MR) is 199 cm³/mol. The van der Waals surface area contributed by atoms with Crippen LogP contribution in [0.25, 0.3) is 0 Å². The second kappa shape index (κ2) is 17.3. The molecule has 10 nitrogen and oxygen atoms in total. The molecule has 3 saturated heterocycles. The number of benzene rings is 2. The Balaban J connectivity index is 1.49. The number of rotatable bonds is 18. The summed E-state index contributed by atoms with van der Waals surface area (Å²) in [6.45, 7) is 9.83. The number of carbonyl (C=O) groups is 4. The van der Waals surface area contributed by atoms with E-state index in [1.807, 2.05) is 49.4 Å². The van der Waals surface area contributed by atoms with E-state index in [0.717, 1.165) is 24.0 Å². The first kappa shape index (κ1) is 38.7. The zero-order valence-corrected chi connectivity index (χ0v) is 31.3. The minimum atomic E-state index is -1.28. The average molecular weight is 785 g/mol. The van der Waals surface area contributed by atoms with Crippen molar-refractivity contribution < 1.29 is 33.8 Å². The van der Waals surface area contributed by atoms with E-state index >= 15 is 0 Å². The molecule has 7 atom stereocenters. The molecule has 0 radical (unpaired) electrons. The number of aliphatic hydroxyl groups excluding tert-OH is 1. The van der Waals surface area contributed by atoms with Gasteiger partial charge < -0.3 is 29.7 Å². The molecule has 3 amide bonds. The highest BCUT2D eigenvalue weighted by molar-refractivity contribution is 9.09. The monoisotopic (exact) mass is 783 g/mol. The second-order valence-corrected chi connectivity index (χ2v) is 15.0. The summed E-state index contributed by atoms with van der Waals surface area (Å²) < 4.78 is 12.3. The second-order valence-electron chi connectivity index (χ2n) is 13.5. The molecular weight excluding hydrogens is 738 g/mol. The lowest BCUT2D eigenvalue weighted by Crippen LogP contribution is -2.57. The maximum atomic E-state index is 15.0.